The summed E-state index contributed by atoms with van der Waals surface area (Å²) in [5.74, 6) is 0.939. The van der Waals surface area contributed by atoms with Crippen molar-refractivity contribution < 1.29 is 9.21 Å². The quantitative estimate of drug-likeness (QED) is 0.641. The Kier molecular flexibility index (Phi) is 3.39. The summed E-state index contributed by atoms with van der Waals surface area (Å²) in [5.41, 5.74) is 0. The molecule has 0 aromatic carbocycles. The van der Waals surface area contributed by atoms with E-state index in [1.54, 1.807) is 14.0 Å². The molecule has 1 amide bonds. The highest BCUT2D eigenvalue weighted by Gasteiger charge is 2.02. The molecule has 6 heteroatoms. The molecule has 0 radical (unpaired) electrons. The maximum absolute atomic E-state index is 10.8. The molecular formula is C7H12N4O2. The van der Waals surface area contributed by atoms with E-state index >= 15 is 0 Å². The van der Waals surface area contributed by atoms with Crippen LogP contribution >= 0.6 is 0 Å². The van der Waals surface area contributed by atoms with Gasteiger partial charge in [-0.2, -0.15) is 0 Å². The third-order valence-corrected chi connectivity index (χ3v) is 1.41. The number of nitrogens with one attached hydrogen (secondary N) is 2. The van der Waals surface area contributed by atoms with E-state index in [1.807, 2.05) is 0 Å². The smallest absolute Gasteiger partial charge is 0.233 e. The molecule has 0 saturated heterocycles. The SMILES string of the molecule is CNC(=O)CNCc1nnc(C)o1. The van der Waals surface area contributed by atoms with Crippen molar-refractivity contribution in [3.8, 4) is 0 Å². The number of aromatic nitrogens is 2. The molecule has 13 heavy (non-hydrogen) atoms. The average molecular weight is 184 g/mol. The fourth-order valence-electron chi connectivity index (χ4n) is 0.780. The number of rotatable bonds is 4. The molecule has 1 heterocycles. The number of nitrogens with zero attached hydrogens (tertiary/aromatic N) is 2. The topological polar surface area (TPSA) is 80.0 Å². The second kappa shape index (κ2) is 4.56. The van der Waals surface area contributed by atoms with Gasteiger partial charge < -0.3 is 9.73 Å². The summed E-state index contributed by atoms with van der Waals surface area (Å²) in [4.78, 5) is 10.8. The Balaban J connectivity index is 2.24. The summed E-state index contributed by atoms with van der Waals surface area (Å²) in [6.45, 7) is 2.38. The second-order valence-electron chi connectivity index (χ2n) is 2.49. The van der Waals surface area contributed by atoms with Gasteiger partial charge in [0.25, 0.3) is 0 Å². The first-order valence-electron chi connectivity index (χ1n) is 3.92. The molecule has 1 aromatic rings. The van der Waals surface area contributed by atoms with Crippen LogP contribution in [0, 0.1) is 6.92 Å². The van der Waals surface area contributed by atoms with Gasteiger partial charge in [-0.3, -0.25) is 10.1 Å². The van der Waals surface area contributed by atoms with E-state index in [-0.39, 0.29) is 12.5 Å². The van der Waals surface area contributed by atoms with Gasteiger partial charge in [-0.1, -0.05) is 0 Å². The minimum absolute atomic E-state index is 0.0729. The fourth-order valence-corrected chi connectivity index (χ4v) is 0.780. The fraction of sp³-hybridized carbons (Fsp3) is 0.571. The summed E-state index contributed by atoms with van der Waals surface area (Å²) in [6.07, 6.45) is 0. The molecule has 0 unspecified atom stereocenters. The Morgan fingerprint density at radius 2 is 2.31 bits per heavy atom. The minimum atomic E-state index is -0.0729. The molecule has 0 spiro atoms. The Morgan fingerprint density at radius 1 is 1.54 bits per heavy atom. The lowest BCUT2D eigenvalue weighted by Crippen LogP contribution is -2.31. The molecule has 2 N–H and O–H groups in total. The van der Waals surface area contributed by atoms with E-state index in [2.05, 4.69) is 20.8 Å². The molecule has 0 aliphatic rings. The Hall–Kier alpha value is -1.43. The Bertz CT molecular complexity index is 284. The van der Waals surface area contributed by atoms with Gasteiger partial charge in [-0.05, 0) is 0 Å². The number of carbonyl (C=O) groups is 1. The first-order valence-corrected chi connectivity index (χ1v) is 3.92. The van der Waals surface area contributed by atoms with Crippen LogP contribution in [0.25, 0.3) is 0 Å². The maximum Gasteiger partial charge on any atom is 0.233 e. The number of carbonyl (C=O) groups excluding carboxylic acids is 1. The van der Waals surface area contributed by atoms with Gasteiger partial charge in [-0.15, -0.1) is 10.2 Å². The van der Waals surface area contributed by atoms with Crippen molar-refractivity contribution in [2.24, 2.45) is 0 Å². The number of hydrogen-bond acceptors (Lipinski definition) is 5. The van der Waals surface area contributed by atoms with E-state index < -0.39 is 0 Å². The average Bonchev–Trinajstić information content (AvgIpc) is 2.51. The third-order valence-electron chi connectivity index (χ3n) is 1.41. The zero-order valence-electron chi connectivity index (χ0n) is 7.63. The first-order chi connectivity index (χ1) is 6.22. The van der Waals surface area contributed by atoms with Gasteiger partial charge in [0.15, 0.2) is 0 Å². The highest BCUT2D eigenvalue weighted by Crippen LogP contribution is 1.95. The van der Waals surface area contributed by atoms with Crippen molar-refractivity contribution in [2.45, 2.75) is 13.5 Å². The van der Waals surface area contributed by atoms with E-state index in [0.717, 1.165) is 0 Å². The van der Waals surface area contributed by atoms with Gasteiger partial charge in [0.05, 0.1) is 13.1 Å². The molecule has 1 aromatic heterocycles. The van der Waals surface area contributed by atoms with E-state index in [0.29, 0.717) is 18.3 Å². The molecular weight excluding hydrogens is 172 g/mol. The van der Waals surface area contributed by atoms with E-state index in [9.17, 15) is 4.79 Å². The van der Waals surface area contributed by atoms with Crippen LogP contribution in [0.4, 0.5) is 0 Å². The molecule has 0 atom stereocenters. The summed E-state index contributed by atoms with van der Waals surface area (Å²) in [6, 6.07) is 0. The molecule has 0 saturated carbocycles. The molecule has 0 bridgehead atoms. The van der Waals surface area contributed by atoms with Crippen molar-refractivity contribution in [1.29, 1.82) is 0 Å². The van der Waals surface area contributed by atoms with Crippen LogP contribution in [-0.2, 0) is 11.3 Å². The lowest BCUT2D eigenvalue weighted by molar-refractivity contribution is -0.119. The monoisotopic (exact) mass is 184 g/mol. The van der Waals surface area contributed by atoms with Crippen molar-refractivity contribution in [1.82, 2.24) is 20.8 Å². The van der Waals surface area contributed by atoms with Gasteiger partial charge in [0.1, 0.15) is 0 Å². The van der Waals surface area contributed by atoms with Gasteiger partial charge in [0.2, 0.25) is 17.7 Å². The van der Waals surface area contributed by atoms with Crippen LogP contribution < -0.4 is 10.6 Å². The minimum Gasteiger partial charge on any atom is -0.424 e. The van der Waals surface area contributed by atoms with Crippen molar-refractivity contribution in [3.63, 3.8) is 0 Å². The van der Waals surface area contributed by atoms with E-state index in [4.69, 9.17) is 4.42 Å². The first kappa shape index (κ1) is 9.66. The summed E-state index contributed by atoms with van der Waals surface area (Å²) >= 11 is 0. The highest BCUT2D eigenvalue weighted by molar-refractivity contribution is 5.77. The molecule has 0 aliphatic carbocycles. The molecule has 72 valence electrons. The highest BCUT2D eigenvalue weighted by atomic mass is 16.4. The predicted octanol–water partition coefficient (Wildman–Crippen LogP) is -0.786. The van der Waals surface area contributed by atoms with Crippen LogP contribution in [0.1, 0.15) is 11.8 Å². The number of amides is 1. The lowest BCUT2D eigenvalue weighted by Gasteiger charge is -1.99. The van der Waals surface area contributed by atoms with E-state index in [1.165, 1.54) is 0 Å². The molecule has 0 fully saturated rings. The molecule has 1 rings (SSSR count). The van der Waals surface area contributed by atoms with Crippen LogP contribution in [0.15, 0.2) is 4.42 Å². The largest absolute Gasteiger partial charge is 0.424 e. The number of likely N-dealkylation sites (N-methyl/N-ethyl adjacent to an activating group) is 1. The summed E-state index contributed by atoms with van der Waals surface area (Å²) < 4.78 is 5.08. The van der Waals surface area contributed by atoms with Crippen molar-refractivity contribution in [2.75, 3.05) is 13.6 Å². The normalized spacial score (nSPS) is 10.0. The van der Waals surface area contributed by atoms with Crippen LogP contribution in [0.3, 0.4) is 0 Å². The maximum atomic E-state index is 10.8. The second-order valence-corrected chi connectivity index (χ2v) is 2.49. The lowest BCUT2D eigenvalue weighted by atomic mass is 10.5. The number of hydrogen-bond donors (Lipinski definition) is 2. The van der Waals surface area contributed by atoms with Crippen LogP contribution in [0.5, 0.6) is 0 Å². The standard InChI is InChI=1S/C7H12N4O2/c1-5-10-11-7(13-5)4-9-3-6(12)8-2/h9H,3-4H2,1-2H3,(H,8,12). The van der Waals surface area contributed by atoms with Gasteiger partial charge >= 0.3 is 0 Å². The number of aryl methyl sites for hydroxylation is 1. The van der Waals surface area contributed by atoms with Gasteiger partial charge in [-0.25, -0.2) is 0 Å². The third kappa shape index (κ3) is 3.20. The summed E-state index contributed by atoms with van der Waals surface area (Å²) in [7, 11) is 1.58. The van der Waals surface area contributed by atoms with Crippen molar-refractivity contribution >= 4 is 5.91 Å². The molecule has 6 nitrogen and oxygen atoms in total. The zero-order valence-corrected chi connectivity index (χ0v) is 7.63. The molecule has 0 aliphatic heterocycles. The van der Waals surface area contributed by atoms with Crippen molar-refractivity contribution in [3.05, 3.63) is 11.8 Å². The Labute approximate surface area is 75.7 Å². The van der Waals surface area contributed by atoms with Gasteiger partial charge in [0, 0.05) is 14.0 Å². The summed E-state index contributed by atoms with van der Waals surface area (Å²) in [5, 5.41) is 12.8. The Morgan fingerprint density at radius 3 is 2.85 bits per heavy atom. The van der Waals surface area contributed by atoms with Crippen LogP contribution in [-0.4, -0.2) is 29.7 Å². The zero-order chi connectivity index (χ0) is 9.68. The predicted molar refractivity (Wildman–Crippen MR) is 44.8 cm³/mol. The van der Waals surface area contributed by atoms with Crippen LogP contribution in [0.2, 0.25) is 0 Å².